The molecule has 0 saturated heterocycles. The van der Waals surface area contributed by atoms with Gasteiger partial charge in [-0.15, -0.1) is 0 Å². The summed E-state index contributed by atoms with van der Waals surface area (Å²) in [7, 11) is 0. The minimum absolute atomic E-state index is 0.676. The Morgan fingerprint density at radius 3 is 2.50 bits per heavy atom. The van der Waals surface area contributed by atoms with Gasteiger partial charge in [0.05, 0.1) is 17.6 Å². The molecule has 2 aromatic heterocycles. The van der Waals surface area contributed by atoms with Gasteiger partial charge in [0.15, 0.2) is 0 Å². The highest BCUT2D eigenvalue weighted by Crippen LogP contribution is 2.29. The standard InChI is InChI=1S/C20H17N3O/c21-18-13-15(20-7-4-12-24-20)8-9-19(18)22-16-5-3-6-17(14-16)23-10-1-2-11-23/h1-14,22H,21H2. The van der Waals surface area contributed by atoms with E-state index in [1.54, 1.807) is 6.26 Å². The minimum Gasteiger partial charge on any atom is -0.464 e. The number of aromatic nitrogens is 1. The Labute approximate surface area is 140 Å². The number of hydrogen-bond donors (Lipinski definition) is 2. The first-order chi connectivity index (χ1) is 11.8. The second kappa shape index (κ2) is 6.01. The van der Waals surface area contributed by atoms with Crippen LogP contribution in [0.15, 0.2) is 89.8 Å². The third-order valence-electron chi connectivity index (χ3n) is 3.89. The van der Waals surface area contributed by atoms with E-state index in [0.717, 1.165) is 28.4 Å². The molecule has 0 bridgehead atoms. The summed E-state index contributed by atoms with van der Waals surface area (Å²) in [5.41, 5.74) is 10.8. The molecule has 4 aromatic rings. The van der Waals surface area contributed by atoms with Crippen LogP contribution in [0.5, 0.6) is 0 Å². The third-order valence-corrected chi connectivity index (χ3v) is 3.89. The van der Waals surface area contributed by atoms with Crippen LogP contribution in [0.1, 0.15) is 0 Å². The lowest BCUT2D eigenvalue weighted by atomic mass is 10.1. The van der Waals surface area contributed by atoms with Crippen molar-refractivity contribution in [3.05, 3.63) is 85.4 Å². The molecule has 4 nitrogen and oxygen atoms in total. The van der Waals surface area contributed by atoms with Gasteiger partial charge in [0.25, 0.3) is 0 Å². The van der Waals surface area contributed by atoms with Crippen LogP contribution in [0.3, 0.4) is 0 Å². The first-order valence-electron chi connectivity index (χ1n) is 7.73. The maximum absolute atomic E-state index is 6.20. The van der Waals surface area contributed by atoms with Gasteiger partial charge in [-0.05, 0) is 60.7 Å². The molecule has 0 atom stereocenters. The lowest BCUT2D eigenvalue weighted by Gasteiger charge is -2.12. The Morgan fingerprint density at radius 2 is 1.75 bits per heavy atom. The molecule has 0 radical (unpaired) electrons. The normalized spacial score (nSPS) is 10.7. The van der Waals surface area contributed by atoms with E-state index in [1.165, 1.54) is 0 Å². The number of hydrogen-bond acceptors (Lipinski definition) is 3. The lowest BCUT2D eigenvalue weighted by Crippen LogP contribution is -1.98. The summed E-state index contributed by atoms with van der Waals surface area (Å²) in [6, 6.07) is 21.9. The number of nitrogens with two attached hydrogens (primary N) is 1. The molecule has 24 heavy (non-hydrogen) atoms. The van der Waals surface area contributed by atoms with E-state index in [1.807, 2.05) is 67.0 Å². The number of nitrogens with one attached hydrogen (secondary N) is 1. The smallest absolute Gasteiger partial charge is 0.133 e. The van der Waals surface area contributed by atoms with E-state index in [-0.39, 0.29) is 0 Å². The highest BCUT2D eigenvalue weighted by molar-refractivity contribution is 5.78. The molecule has 0 aliphatic heterocycles. The van der Waals surface area contributed by atoms with Crippen LogP contribution in [-0.2, 0) is 0 Å². The van der Waals surface area contributed by atoms with E-state index in [2.05, 4.69) is 22.0 Å². The quantitative estimate of drug-likeness (QED) is 0.517. The zero-order valence-corrected chi connectivity index (χ0v) is 13.0. The zero-order chi connectivity index (χ0) is 16.4. The topological polar surface area (TPSA) is 56.1 Å². The van der Waals surface area contributed by atoms with Crippen molar-refractivity contribution in [2.45, 2.75) is 0 Å². The molecule has 0 aliphatic rings. The Balaban J connectivity index is 1.61. The number of rotatable bonds is 4. The van der Waals surface area contributed by atoms with Crippen molar-refractivity contribution in [1.82, 2.24) is 4.57 Å². The van der Waals surface area contributed by atoms with E-state index in [0.29, 0.717) is 5.69 Å². The molecule has 118 valence electrons. The van der Waals surface area contributed by atoms with Gasteiger partial charge in [-0.3, -0.25) is 0 Å². The van der Waals surface area contributed by atoms with Crippen molar-refractivity contribution in [3.63, 3.8) is 0 Å². The maximum Gasteiger partial charge on any atom is 0.133 e. The first-order valence-corrected chi connectivity index (χ1v) is 7.73. The fourth-order valence-corrected chi connectivity index (χ4v) is 2.68. The van der Waals surface area contributed by atoms with Crippen molar-refractivity contribution in [3.8, 4) is 17.0 Å². The van der Waals surface area contributed by atoms with Gasteiger partial charge in [-0.25, -0.2) is 0 Å². The van der Waals surface area contributed by atoms with E-state index in [9.17, 15) is 0 Å². The molecule has 0 unspecified atom stereocenters. The maximum atomic E-state index is 6.20. The minimum atomic E-state index is 0.676. The summed E-state index contributed by atoms with van der Waals surface area (Å²) in [5.74, 6) is 0.808. The van der Waals surface area contributed by atoms with Crippen molar-refractivity contribution in [2.24, 2.45) is 0 Å². The van der Waals surface area contributed by atoms with Crippen LogP contribution in [0, 0.1) is 0 Å². The van der Waals surface area contributed by atoms with Crippen molar-refractivity contribution >= 4 is 17.1 Å². The molecule has 0 saturated carbocycles. The summed E-state index contributed by atoms with van der Waals surface area (Å²) >= 11 is 0. The largest absolute Gasteiger partial charge is 0.464 e. The number of benzene rings is 2. The van der Waals surface area contributed by atoms with Crippen molar-refractivity contribution in [2.75, 3.05) is 11.1 Å². The molecule has 2 aromatic carbocycles. The lowest BCUT2D eigenvalue weighted by molar-refractivity contribution is 0.582. The zero-order valence-electron chi connectivity index (χ0n) is 13.0. The first kappa shape index (κ1) is 14.2. The monoisotopic (exact) mass is 315 g/mol. The van der Waals surface area contributed by atoms with Crippen LogP contribution in [0.4, 0.5) is 17.1 Å². The van der Waals surface area contributed by atoms with E-state index >= 15 is 0 Å². The van der Waals surface area contributed by atoms with Crippen molar-refractivity contribution < 1.29 is 4.42 Å². The van der Waals surface area contributed by atoms with E-state index in [4.69, 9.17) is 10.2 Å². The molecule has 0 fully saturated rings. The van der Waals surface area contributed by atoms with Crippen LogP contribution >= 0.6 is 0 Å². The number of nitrogen functional groups attached to an aromatic ring is 1. The summed E-state index contributed by atoms with van der Waals surface area (Å²) < 4.78 is 7.48. The van der Waals surface area contributed by atoms with Gasteiger partial charge in [0.2, 0.25) is 0 Å². The van der Waals surface area contributed by atoms with Gasteiger partial charge < -0.3 is 20.0 Å². The SMILES string of the molecule is Nc1cc(-c2ccco2)ccc1Nc1cccc(-n2cccc2)c1. The molecule has 0 amide bonds. The van der Waals surface area contributed by atoms with Gasteiger partial charge >= 0.3 is 0 Å². The Bertz CT molecular complexity index is 941. The summed E-state index contributed by atoms with van der Waals surface area (Å²) in [6.45, 7) is 0. The fraction of sp³-hybridized carbons (Fsp3) is 0. The molecular formula is C20H17N3O. The number of anilines is 3. The second-order valence-electron chi connectivity index (χ2n) is 5.54. The summed E-state index contributed by atoms with van der Waals surface area (Å²) in [4.78, 5) is 0. The number of nitrogens with zero attached hydrogens (tertiary/aromatic N) is 1. The third kappa shape index (κ3) is 2.77. The predicted molar refractivity (Wildman–Crippen MR) is 97.6 cm³/mol. The highest BCUT2D eigenvalue weighted by atomic mass is 16.3. The van der Waals surface area contributed by atoms with E-state index < -0.39 is 0 Å². The number of furan rings is 1. The second-order valence-corrected chi connectivity index (χ2v) is 5.54. The summed E-state index contributed by atoms with van der Waals surface area (Å²) in [6.07, 6.45) is 5.70. The molecule has 0 aliphatic carbocycles. The Kier molecular flexibility index (Phi) is 3.56. The van der Waals surface area contributed by atoms with Crippen molar-refractivity contribution in [1.29, 1.82) is 0 Å². The summed E-state index contributed by atoms with van der Waals surface area (Å²) in [5, 5.41) is 3.38. The van der Waals surface area contributed by atoms with Gasteiger partial charge in [-0.2, -0.15) is 0 Å². The molecule has 3 N–H and O–H groups in total. The van der Waals surface area contributed by atoms with Crippen LogP contribution in [0.2, 0.25) is 0 Å². The fourth-order valence-electron chi connectivity index (χ4n) is 2.68. The highest BCUT2D eigenvalue weighted by Gasteiger charge is 2.06. The molecule has 4 heteroatoms. The molecular weight excluding hydrogens is 298 g/mol. The van der Waals surface area contributed by atoms with Crippen LogP contribution in [-0.4, -0.2) is 4.57 Å². The molecule has 4 rings (SSSR count). The van der Waals surface area contributed by atoms with Crippen LogP contribution in [0.25, 0.3) is 17.0 Å². The average molecular weight is 315 g/mol. The van der Waals surface area contributed by atoms with Gasteiger partial charge in [-0.1, -0.05) is 6.07 Å². The molecule has 0 spiro atoms. The average Bonchev–Trinajstić information content (AvgIpc) is 3.31. The van der Waals surface area contributed by atoms with Gasteiger partial charge in [0.1, 0.15) is 5.76 Å². The predicted octanol–water partition coefficient (Wildman–Crippen LogP) is 5.06. The molecule has 2 heterocycles. The Hall–Kier alpha value is -3.40. The van der Waals surface area contributed by atoms with Gasteiger partial charge in [0, 0.05) is 29.3 Å². The van der Waals surface area contributed by atoms with Crippen LogP contribution < -0.4 is 11.1 Å². The Morgan fingerprint density at radius 1 is 0.875 bits per heavy atom.